The van der Waals surface area contributed by atoms with Crippen molar-refractivity contribution in [1.82, 2.24) is 10.2 Å². The Bertz CT molecular complexity index is 985. The molecule has 2 N–H and O–H groups in total. The molecular formula is C24H26N2O5. The Morgan fingerprint density at radius 1 is 1.10 bits per heavy atom. The molecule has 7 nitrogen and oxygen atoms in total. The van der Waals surface area contributed by atoms with Gasteiger partial charge in [-0.15, -0.1) is 0 Å². The number of ether oxygens (including phenoxy) is 1. The first-order valence-electron chi connectivity index (χ1n) is 10.5. The number of nitrogens with zero attached hydrogens (tertiary/aromatic N) is 1. The van der Waals surface area contributed by atoms with E-state index in [4.69, 9.17) is 4.74 Å². The minimum atomic E-state index is -1.17. The topological polar surface area (TPSA) is 95.9 Å². The van der Waals surface area contributed by atoms with Crippen LogP contribution in [0.2, 0.25) is 0 Å². The van der Waals surface area contributed by atoms with Crippen LogP contribution in [0.25, 0.3) is 11.1 Å². The number of carboxylic acids is 1. The second-order valence-corrected chi connectivity index (χ2v) is 8.28. The lowest BCUT2D eigenvalue weighted by atomic mass is 9.75. The summed E-state index contributed by atoms with van der Waals surface area (Å²) in [4.78, 5) is 38.0. The summed E-state index contributed by atoms with van der Waals surface area (Å²) in [6.07, 6.45) is 0.900. The van der Waals surface area contributed by atoms with Gasteiger partial charge in [-0.3, -0.25) is 4.79 Å². The molecule has 0 spiro atoms. The number of carboxylic acid groups (broad SMARTS) is 1. The average Bonchev–Trinajstić information content (AvgIpc) is 3.04. The van der Waals surface area contributed by atoms with Crippen LogP contribution in [-0.4, -0.2) is 53.2 Å². The molecule has 1 saturated carbocycles. The molecule has 162 valence electrons. The van der Waals surface area contributed by atoms with Gasteiger partial charge >= 0.3 is 12.1 Å². The van der Waals surface area contributed by atoms with Crippen molar-refractivity contribution in [2.75, 3.05) is 13.7 Å². The fourth-order valence-electron chi connectivity index (χ4n) is 4.58. The predicted molar refractivity (Wildman–Crippen MR) is 115 cm³/mol. The van der Waals surface area contributed by atoms with Crippen LogP contribution < -0.4 is 5.32 Å². The smallest absolute Gasteiger partial charge is 0.407 e. The summed E-state index contributed by atoms with van der Waals surface area (Å²) in [5, 5.41) is 12.1. The van der Waals surface area contributed by atoms with Crippen molar-refractivity contribution >= 4 is 18.0 Å². The van der Waals surface area contributed by atoms with E-state index in [1.54, 1.807) is 0 Å². The number of carbonyl (C=O) groups excluding carboxylic acids is 2. The van der Waals surface area contributed by atoms with E-state index in [0.717, 1.165) is 28.7 Å². The number of carbonyl (C=O) groups is 3. The Kier molecular flexibility index (Phi) is 5.43. The van der Waals surface area contributed by atoms with Crippen LogP contribution >= 0.6 is 0 Å². The Balaban J connectivity index is 1.39. The van der Waals surface area contributed by atoms with E-state index in [9.17, 15) is 19.5 Å². The van der Waals surface area contributed by atoms with Crippen LogP contribution in [-0.2, 0) is 14.3 Å². The number of rotatable bonds is 6. The maximum absolute atomic E-state index is 12.7. The third kappa shape index (κ3) is 3.54. The maximum Gasteiger partial charge on any atom is 0.407 e. The van der Waals surface area contributed by atoms with Gasteiger partial charge in [-0.2, -0.15) is 0 Å². The summed E-state index contributed by atoms with van der Waals surface area (Å²) in [6, 6.07) is 15.2. The van der Waals surface area contributed by atoms with Gasteiger partial charge in [-0.1, -0.05) is 48.5 Å². The molecule has 2 aromatic carbocycles. The van der Waals surface area contributed by atoms with Crippen LogP contribution in [0, 0.1) is 0 Å². The van der Waals surface area contributed by atoms with Crippen LogP contribution in [0.1, 0.15) is 43.2 Å². The molecule has 2 aliphatic carbocycles. The molecule has 2 aromatic rings. The molecule has 0 radical (unpaired) electrons. The number of fused-ring (bicyclic) bond motifs is 3. The fraction of sp³-hybridized carbons (Fsp3) is 0.375. The number of alkyl carbamates (subject to hydrolysis) is 1. The molecular weight excluding hydrogens is 396 g/mol. The van der Waals surface area contributed by atoms with Crippen molar-refractivity contribution < 1.29 is 24.2 Å². The van der Waals surface area contributed by atoms with E-state index in [2.05, 4.69) is 17.4 Å². The molecule has 0 saturated heterocycles. The minimum Gasteiger partial charge on any atom is -0.479 e. The van der Waals surface area contributed by atoms with Gasteiger partial charge in [-0.25, -0.2) is 9.59 Å². The second kappa shape index (κ2) is 8.06. The van der Waals surface area contributed by atoms with Gasteiger partial charge in [0.05, 0.1) is 0 Å². The first kappa shape index (κ1) is 20.9. The van der Waals surface area contributed by atoms with Gasteiger partial charge in [0.2, 0.25) is 5.91 Å². The standard InChI is InChI=1S/C24H26N2O5/c1-15(21(27)26(2)24(22(28)29)12-7-13-24)25-23(30)31-14-20-18-10-5-3-8-16(18)17-9-4-6-11-19(17)20/h3-6,8-11,15,20H,7,12-14H2,1-2H3,(H,25,30)(H,28,29)/t15-/m1/s1. The monoisotopic (exact) mass is 422 g/mol. The van der Waals surface area contributed by atoms with Crippen molar-refractivity contribution in [2.24, 2.45) is 0 Å². The zero-order chi connectivity index (χ0) is 22.2. The first-order chi connectivity index (χ1) is 14.8. The van der Waals surface area contributed by atoms with Crippen molar-refractivity contribution in [3.63, 3.8) is 0 Å². The van der Waals surface area contributed by atoms with E-state index < -0.39 is 29.6 Å². The van der Waals surface area contributed by atoms with Crippen molar-refractivity contribution in [2.45, 2.75) is 43.7 Å². The predicted octanol–water partition coefficient (Wildman–Crippen LogP) is 3.38. The summed E-state index contributed by atoms with van der Waals surface area (Å²) in [6.45, 7) is 1.68. The molecule has 2 amide bonds. The molecule has 31 heavy (non-hydrogen) atoms. The SMILES string of the molecule is C[C@@H](NC(=O)OCC1c2ccccc2-c2ccccc21)C(=O)N(C)C1(C(=O)O)CCC1. The van der Waals surface area contributed by atoms with E-state index in [1.807, 2.05) is 36.4 Å². The molecule has 0 aliphatic heterocycles. The van der Waals surface area contributed by atoms with E-state index in [-0.39, 0.29) is 12.5 Å². The maximum atomic E-state index is 12.7. The molecule has 2 aliphatic rings. The normalized spacial score (nSPS) is 17.0. The highest BCUT2D eigenvalue weighted by molar-refractivity contribution is 5.91. The van der Waals surface area contributed by atoms with E-state index in [0.29, 0.717) is 12.8 Å². The number of likely N-dealkylation sites (N-methyl/N-ethyl adjacent to an activating group) is 1. The van der Waals surface area contributed by atoms with Crippen LogP contribution in [0.15, 0.2) is 48.5 Å². The number of nitrogens with one attached hydrogen (secondary N) is 1. The Morgan fingerprint density at radius 2 is 1.65 bits per heavy atom. The number of benzene rings is 2. The molecule has 1 fully saturated rings. The van der Waals surface area contributed by atoms with Crippen molar-refractivity contribution in [3.05, 3.63) is 59.7 Å². The highest BCUT2D eigenvalue weighted by Gasteiger charge is 2.50. The molecule has 0 aromatic heterocycles. The highest BCUT2D eigenvalue weighted by atomic mass is 16.5. The van der Waals surface area contributed by atoms with Crippen molar-refractivity contribution in [1.29, 1.82) is 0 Å². The third-order valence-corrected chi connectivity index (χ3v) is 6.60. The Labute approximate surface area is 181 Å². The number of amides is 2. The first-order valence-corrected chi connectivity index (χ1v) is 10.5. The second-order valence-electron chi connectivity index (χ2n) is 8.28. The Morgan fingerprint density at radius 3 is 2.13 bits per heavy atom. The Hall–Kier alpha value is -3.35. The zero-order valence-electron chi connectivity index (χ0n) is 17.6. The van der Waals surface area contributed by atoms with Gasteiger partial charge in [0.1, 0.15) is 18.2 Å². The summed E-state index contributed by atoms with van der Waals surface area (Å²) in [5.41, 5.74) is 3.31. The summed E-state index contributed by atoms with van der Waals surface area (Å²) < 4.78 is 5.48. The molecule has 4 rings (SSSR count). The van der Waals surface area contributed by atoms with Crippen molar-refractivity contribution in [3.8, 4) is 11.1 Å². The molecule has 0 bridgehead atoms. The third-order valence-electron chi connectivity index (χ3n) is 6.60. The van der Waals surface area contributed by atoms with E-state index >= 15 is 0 Å². The number of aliphatic carboxylic acids is 1. The lowest BCUT2D eigenvalue weighted by Crippen LogP contribution is -2.62. The zero-order valence-corrected chi connectivity index (χ0v) is 17.6. The van der Waals surface area contributed by atoms with Gasteiger partial charge in [0.15, 0.2) is 0 Å². The fourth-order valence-corrected chi connectivity index (χ4v) is 4.58. The lowest BCUT2D eigenvalue weighted by Gasteiger charge is -2.45. The summed E-state index contributed by atoms with van der Waals surface area (Å²) >= 11 is 0. The quantitative estimate of drug-likeness (QED) is 0.744. The molecule has 0 heterocycles. The van der Waals surface area contributed by atoms with E-state index in [1.165, 1.54) is 18.9 Å². The summed E-state index contributed by atoms with van der Waals surface area (Å²) in [7, 11) is 1.48. The average molecular weight is 422 g/mol. The van der Waals surface area contributed by atoms with Gasteiger partial charge in [0, 0.05) is 13.0 Å². The lowest BCUT2D eigenvalue weighted by molar-refractivity contribution is -0.164. The molecule has 1 atom stereocenters. The van der Waals surface area contributed by atoms with Gasteiger partial charge in [-0.05, 0) is 48.4 Å². The minimum absolute atomic E-state index is 0.0721. The molecule has 7 heteroatoms. The highest BCUT2D eigenvalue weighted by Crippen LogP contribution is 2.44. The van der Waals surface area contributed by atoms with Crippen LogP contribution in [0.4, 0.5) is 4.79 Å². The number of hydrogen-bond acceptors (Lipinski definition) is 4. The van der Waals surface area contributed by atoms with Gasteiger partial charge < -0.3 is 20.1 Å². The largest absolute Gasteiger partial charge is 0.479 e. The molecule has 0 unspecified atom stereocenters. The summed E-state index contributed by atoms with van der Waals surface area (Å²) in [5.74, 6) is -1.53. The van der Waals surface area contributed by atoms with Crippen LogP contribution in [0.3, 0.4) is 0 Å². The van der Waals surface area contributed by atoms with Gasteiger partial charge in [0.25, 0.3) is 0 Å². The van der Waals surface area contributed by atoms with Crippen LogP contribution in [0.5, 0.6) is 0 Å². The number of hydrogen-bond donors (Lipinski definition) is 2.